The summed E-state index contributed by atoms with van der Waals surface area (Å²) in [4.78, 5) is 21.1. The zero-order valence-electron chi connectivity index (χ0n) is 21.2. The molecule has 194 valence electrons. The minimum Gasteiger partial charge on any atom is -0.488 e. The van der Waals surface area contributed by atoms with Crippen LogP contribution in [0.15, 0.2) is 36.7 Å². The molecule has 1 aromatic carbocycles. The van der Waals surface area contributed by atoms with Gasteiger partial charge in [-0.15, -0.1) is 0 Å². The number of H-pyrrole nitrogens is 1. The van der Waals surface area contributed by atoms with E-state index in [1.165, 1.54) is 0 Å². The second-order valence-corrected chi connectivity index (χ2v) is 11.2. The van der Waals surface area contributed by atoms with Crippen LogP contribution in [0.2, 0.25) is 5.02 Å². The molecule has 1 saturated heterocycles. The van der Waals surface area contributed by atoms with Gasteiger partial charge in [-0.1, -0.05) is 17.7 Å². The first-order chi connectivity index (χ1) is 17.8. The van der Waals surface area contributed by atoms with Crippen LogP contribution in [-0.2, 0) is 14.9 Å². The molecule has 1 saturated carbocycles. The SMILES string of the molecule is Cc1c(Cl)cccc1Nc1c(-c2ccncc2OC[C@H]2COC(C)(C)CO2)[nH]c2c1C(=O)NCC21CC1. The molecule has 9 heteroatoms. The van der Waals surface area contributed by atoms with Crippen molar-refractivity contribution in [2.75, 3.05) is 31.7 Å². The topological polar surface area (TPSA) is 97.5 Å². The van der Waals surface area contributed by atoms with Crippen LogP contribution in [0.1, 0.15) is 48.3 Å². The molecule has 0 bridgehead atoms. The predicted octanol–water partition coefficient (Wildman–Crippen LogP) is 5.13. The Hall–Kier alpha value is -3.07. The molecular formula is C28H31ClN4O4. The van der Waals surface area contributed by atoms with E-state index in [4.69, 9.17) is 25.8 Å². The monoisotopic (exact) mass is 522 g/mol. The van der Waals surface area contributed by atoms with Crippen molar-refractivity contribution in [1.82, 2.24) is 15.3 Å². The van der Waals surface area contributed by atoms with Crippen molar-refractivity contribution in [2.24, 2.45) is 0 Å². The molecule has 3 aliphatic rings. The average Bonchev–Trinajstić information content (AvgIpc) is 3.56. The maximum Gasteiger partial charge on any atom is 0.255 e. The molecule has 2 aliphatic heterocycles. The summed E-state index contributed by atoms with van der Waals surface area (Å²) >= 11 is 6.42. The summed E-state index contributed by atoms with van der Waals surface area (Å²) in [5.41, 5.74) is 5.33. The minimum atomic E-state index is -0.294. The number of anilines is 2. The highest BCUT2D eigenvalue weighted by Gasteiger charge is 2.51. The fraction of sp³-hybridized carbons (Fsp3) is 0.429. The summed E-state index contributed by atoms with van der Waals surface area (Å²) in [6.07, 6.45) is 5.32. The molecule has 1 spiro atoms. The number of aromatic nitrogens is 2. The van der Waals surface area contributed by atoms with Gasteiger partial charge in [0.1, 0.15) is 18.5 Å². The van der Waals surface area contributed by atoms with Gasteiger partial charge in [0.15, 0.2) is 0 Å². The van der Waals surface area contributed by atoms with E-state index in [0.29, 0.717) is 48.4 Å². The van der Waals surface area contributed by atoms with E-state index in [9.17, 15) is 4.79 Å². The standard InChI is InChI=1S/C28H31ClN4O4/c1-16-19(29)5-4-6-20(16)32-24-22-25(28(8-9-28)14-31-26(22)34)33-23(24)18-7-10-30-11-21(18)35-12-17-13-37-27(2,3)15-36-17/h4-7,10-11,17,32-33H,8-9,12-15H2,1-3H3,(H,31,34)/t17-/m0/s1. The number of amides is 1. The highest BCUT2D eigenvalue weighted by atomic mass is 35.5. The van der Waals surface area contributed by atoms with E-state index in [0.717, 1.165) is 41.0 Å². The summed E-state index contributed by atoms with van der Waals surface area (Å²) in [6, 6.07) is 7.62. The quantitative estimate of drug-likeness (QED) is 0.415. The number of halogens is 1. The molecule has 4 heterocycles. The summed E-state index contributed by atoms with van der Waals surface area (Å²) in [6.45, 7) is 7.92. The molecule has 3 N–H and O–H groups in total. The number of nitrogens with one attached hydrogen (secondary N) is 3. The van der Waals surface area contributed by atoms with Gasteiger partial charge in [-0.3, -0.25) is 9.78 Å². The zero-order chi connectivity index (χ0) is 25.8. The third-order valence-corrected chi connectivity index (χ3v) is 7.94. The number of hydrogen-bond acceptors (Lipinski definition) is 6. The maximum absolute atomic E-state index is 13.2. The van der Waals surface area contributed by atoms with Crippen LogP contribution in [0.3, 0.4) is 0 Å². The number of rotatable bonds is 6. The van der Waals surface area contributed by atoms with Crippen LogP contribution >= 0.6 is 11.6 Å². The normalized spacial score (nSPS) is 21.3. The van der Waals surface area contributed by atoms with Gasteiger partial charge in [-0.2, -0.15) is 0 Å². The fourth-order valence-electron chi connectivity index (χ4n) is 5.04. The Morgan fingerprint density at radius 3 is 2.86 bits per heavy atom. The lowest BCUT2D eigenvalue weighted by molar-refractivity contribution is -0.181. The molecule has 6 rings (SSSR count). The van der Waals surface area contributed by atoms with Crippen molar-refractivity contribution in [3.8, 4) is 17.0 Å². The number of carbonyl (C=O) groups is 1. The van der Waals surface area contributed by atoms with Gasteiger partial charge in [0.25, 0.3) is 5.91 Å². The number of carbonyl (C=O) groups excluding carboxylic acids is 1. The van der Waals surface area contributed by atoms with Gasteiger partial charge in [-0.05, 0) is 57.4 Å². The Morgan fingerprint density at radius 2 is 2.11 bits per heavy atom. The Bertz CT molecular complexity index is 1350. The number of ether oxygens (including phenoxy) is 3. The summed E-state index contributed by atoms with van der Waals surface area (Å²) in [7, 11) is 0. The number of pyridine rings is 1. The van der Waals surface area contributed by atoms with Crippen molar-refractivity contribution in [1.29, 1.82) is 0 Å². The van der Waals surface area contributed by atoms with Crippen molar-refractivity contribution in [3.63, 3.8) is 0 Å². The van der Waals surface area contributed by atoms with Crippen molar-refractivity contribution >= 4 is 28.9 Å². The number of aromatic amines is 1. The third-order valence-electron chi connectivity index (χ3n) is 7.53. The fourth-order valence-corrected chi connectivity index (χ4v) is 5.22. The highest BCUT2D eigenvalue weighted by Crippen LogP contribution is 2.54. The van der Waals surface area contributed by atoms with Gasteiger partial charge in [0.05, 0.1) is 42.0 Å². The summed E-state index contributed by atoms with van der Waals surface area (Å²) in [5, 5.41) is 7.28. The molecular weight excluding hydrogens is 492 g/mol. The molecule has 2 fully saturated rings. The van der Waals surface area contributed by atoms with Crippen LogP contribution in [0.5, 0.6) is 5.75 Å². The molecule has 2 aromatic heterocycles. The number of benzene rings is 1. The highest BCUT2D eigenvalue weighted by molar-refractivity contribution is 6.31. The average molecular weight is 523 g/mol. The predicted molar refractivity (Wildman–Crippen MR) is 142 cm³/mol. The zero-order valence-corrected chi connectivity index (χ0v) is 22.0. The molecule has 1 amide bonds. The summed E-state index contributed by atoms with van der Waals surface area (Å²) in [5.74, 6) is 0.509. The summed E-state index contributed by atoms with van der Waals surface area (Å²) < 4.78 is 18.1. The Balaban J connectivity index is 1.39. The van der Waals surface area contributed by atoms with Gasteiger partial charge < -0.3 is 29.8 Å². The first-order valence-electron chi connectivity index (χ1n) is 12.7. The second-order valence-electron chi connectivity index (χ2n) is 10.8. The van der Waals surface area contributed by atoms with E-state index >= 15 is 0 Å². The lowest BCUT2D eigenvalue weighted by atomic mass is 9.93. The van der Waals surface area contributed by atoms with Gasteiger partial charge in [-0.25, -0.2) is 0 Å². The van der Waals surface area contributed by atoms with E-state index in [-0.39, 0.29) is 23.0 Å². The first-order valence-corrected chi connectivity index (χ1v) is 13.0. The van der Waals surface area contributed by atoms with Crippen LogP contribution in [0, 0.1) is 6.92 Å². The Morgan fingerprint density at radius 1 is 1.27 bits per heavy atom. The Kier molecular flexibility index (Phi) is 5.93. The molecule has 3 aromatic rings. The lowest BCUT2D eigenvalue weighted by Gasteiger charge is -2.34. The molecule has 37 heavy (non-hydrogen) atoms. The molecule has 1 aliphatic carbocycles. The first kappa shape index (κ1) is 24.3. The second kappa shape index (κ2) is 9.04. The van der Waals surface area contributed by atoms with Crippen LogP contribution in [-0.4, -0.2) is 53.9 Å². The largest absolute Gasteiger partial charge is 0.488 e. The van der Waals surface area contributed by atoms with Crippen molar-refractivity contribution in [3.05, 3.63) is 58.5 Å². The van der Waals surface area contributed by atoms with E-state index in [1.807, 2.05) is 45.0 Å². The number of hydrogen-bond donors (Lipinski definition) is 3. The van der Waals surface area contributed by atoms with Crippen LogP contribution in [0.4, 0.5) is 11.4 Å². The molecule has 0 unspecified atom stereocenters. The Labute approximate surface area is 221 Å². The molecule has 0 radical (unpaired) electrons. The van der Waals surface area contributed by atoms with E-state index < -0.39 is 0 Å². The third kappa shape index (κ3) is 4.47. The molecule has 1 atom stereocenters. The van der Waals surface area contributed by atoms with E-state index in [1.54, 1.807) is 12.4 Å². The van der Waals surface area contributed by atoms with Gasteiger partial charge in [0.2, 0.25) is 0 Å². The van der Waals surface area contributed by atoms with Gasteiger partial charge >= 0.3 is 0 Å². The van der Waals surface area contributed by atoms with Crippen LogP contribution < -0.4 is 15.4 Å². The minimum absolute atomic E-state index is 0.0462. The maximum atomic E-state index is 13.2. The smallest absolute Gasteiger partial charge is 0.255 e. The van der Waals surface area contributed by atoms with E-state index in [2.05, 4.69) is 20.6 Å². The lowest BCUT2D eigenvalue weighted by Crippen LogP contribution is -2.44. The number of nitrogens with zero attached hydrogens (tertiary/aromatic N) is 1. The van der Waals surface area contributed by atoms with Gasteiger partial charge in [0, 0.05) is 40.1 Å². The molecule has 8 nitrogen and oxygen atoms in total. The van der Waals surface area contributed by atoms with Crippen molar-refractivity contribution in [2.45, 2.75) is 50.7 Å². The number of fused-ring (bicyclic) bond motifs is 2. The van der Waals surface area contributed by atoms with Crippen molar-refractivity contribution < 1.29 is 19.0 Å². The van der Waals surface area contributed by atoms with Crippen LogP contribution in [0.25, 0.3) is 11.3 Å².